The molecule has 1 amide bonds. The molecule has 1 aromatic carbocycles. The van der Waals surface area contributed by atoms with E-state index in [1.807, 2.05) is 0 Å². The third-order valence-electron chi connectivity index (χ3n) is 2.38. The Kier molecular flexibility index (Phi) is 5.96. The van der Waals surface area contributed by atoms with Crippen LogP contribution >= 0.6 is 0 Å². The largest absolute Gasteiger partial charge is 0.496 e. The molecule has 6 nitrogen and oxygen atoms in total. The maximum Gasteiger partial charge on any atom is 0.258 e. The lowest BCUT2D eigenvalue weighted by Crippen LogP contribution is -2.26. The molecule has 0 aliphatic rings. The minimum absolute atomic E-state index is 0.249. The fourth-order valence-corrected chi connectivity index (χ4v) is 1.52. The van der Waals surface area contributed by atoms with Crippen LogP contribution in [0.1, 0.15) is 16.8 Å². The van der Waals surface area contributed by atoms with Crippen LogP contribution in [0.3, 0.4) is 0 Å². The Labute approximate surface area is 106 Å². The number of rotatable bonds is 7. The molecule has 0 atom stereocenters. The molecule has 0 fully saturated rings. The third-order valence-corrected chi connectivity index (χ3v) is 2.38. The predicted octanol–water partition coefficient (Wildman–Crippen LogP) is 0.714. The fourth-order valence-electron chi connectivity index (χ4n) is 1.52. The van der Waals surface area contributed by atoms with Crippen LogP contribution in [0.2, 0.25) is 0 Å². The van der Waals surface area contributed by atoms with Gasteiger partial charge in [0.05, 0.1) is 20.8 Å². The Bertz CT molecular complexity index is 373. The molecule has 0 saturated heterocycles. The molecule has 1 rings (SSSR count). The zero-order chi connectivity index (χ0) is 13.4. The van der Waals surface area contributed by atoms with E-state index in [0.717, 1.165) is 0 Å². The second-order valence-corrected chi connectivity index (χ2v) is 3.52. The molecular formula is C12H18N2O4. The smallest absolute Gasteiger partial charge is 0.258 e. The molecule has 0 saturated carbocycles. The van der Waals surface area contributed by atoms with Crippen molar-refractivity contribution in [1.82, 2.24) is 5.32 Å². The Morgan fingerprint density at radius 1 is 1.28 bits per heavy atom. The van der Waals surface area contributed by atoms with Crippen molar-refractivity contribution in [3.63, 3.8) is 0 Å². The monoisotopic (exact) mass is 254 g/mol. The zero-order valence-corrected chi connectivity index (χ0v) is 10.6. The molecule has 0 aliphatic heterocycles. The lowest BCUT2D eigenvalue weighted by Gasteiger charge is -2.12. The summed E-state index contributed by atoms with van der Waals surface area (Å²) in [5.74, 6) is 5.59. The number of ether oxygens (including phenoxy) is 2. The van der Waals surface area contributed by atoms with Gasteiger partial charge in [-0.3, -0.25) is 4.79 Å². The van der Waals surface area contributed by atoms with E-state index in [0.29, 0.717) is 36.6 Å². The van der Waals surface area contributed by atoms with Gasteiger partial charge in [-0.15, -0.1) is 0 Å². The van der Waals surface area contributed by atoms with Crippen molar-refractivity contribution < 1.29 is 19.1 Å². The summed E-state index contributed by atoms with van der Waals surface area (Å²) in [7, 11) is 3.02. The van der Waals surface area contributed by atoms with Gasteiger partial charge < -0.3 is 19.6 Å². The van der Waals surface area contributed by atoms with Gasteiger partial charge in [-0.25, -0.2) is 5.90 Å². The first-order chi connectivity index (χ1) is 8.74. The van der Waals surface area contributed by atoms with Crippen molar-refractivity contribution in [3.8, 4) is 11.5 Å². The number of nitrogens with one attached hydrogen (secondary N) is 1. The first-order valence-corrected chi connectivity index (χ1v) is 5.55. The SMILES string of the molecule is COc1cccc(OC)c1C(=O)NCCCON. The van der Waals surface area contributed by atoms with Crippen molar-refractivity contribution in [2.75, 3.05) is 27.4 Å². The number of carbonyl (C=O) groups excluding carboxylic acids is 1. The van der Waals surface area contributed by atoms with Crippen LogP contribution < -0.4 is 20.7 Å². The Morgan fingerprint density at radius 3 is 2.39 bits per heavy atom. The van der Waals surface area contributed by atoms with Gasteiger partial charge in [0.1, 0.15) is 17.1 Å². The third kappa shape index (κ3) is 3.61. The maximum absolute atomic E-state index is 12.0. The van der Waals surface area contributed by atoms with Gasteiger partial charge >= 0.3 is 0 Å². The van der Waals surface area contributed by atoms with Crippen LogP contribution in [0.25, 0.3) is 0 Å². The first-order valence-electron chi connectivity index (χ1n) is 5.55. The van der Waals surface area contributed by atoms with E-state index in [9.17, 15) is 4.79 Å². The standard InChI is InChI=1S/C12H18N2O4/c1-16-9-5-3-6-10(17-2)11(9)12(15)14-7-4-8-18-13/h3,5-6H,4,7-8,13H2,1-2H3,(H,14,15). The fraction of sp³-hybridized carbons (Fsp3) is 0.417. The molecule has 0 spiro atoms. The molecule has 6 heteroatoms. The number of hydrogen-bond donors (Lipinski definition) is 2. The van der Waals surface area contributed by atoms with Gasteiger partial charge in [0.2, 0.25) is 0 Å². The van der Waals surface area contributed by atoms with Crippen LogP contribution in [0.4, 0.5) is 0 Å². The van der Waals surface area contributed by atoms with E-state index >= 15 is 0 Å². The topological polar surface area (TPSA) is 82.8 Å². The number of benzene rings is 1. The van der Waals surface area contributed by atoms with Crippen molar-refractivity contribution in [2.24, 2.45) is 5.90 Å². The van der Waals surface area contributed by atoms with Crippen LogP contribution in [-0.2, 0) is 4.84 Å². The van der Waals surface area contributed by atoms with E-state index in [1.165, 1.54) is 14.2 Å². The number of carbonyl (C=O) groups is 1. The van der Waals surface area contributed by atoms with Crippen LogP contribution in [0.15, 0.2) is 18.2 Å². The summed E-state index contributed by atoms with van der Waals surface area (Å²) < 4.78 is 10.3. The van der Waals surface area contributed by atoms with Gasteiger partial charge in [0.15, 0.2) is 0 Å². The van der Waals surface area contributed by atoms with Crippen molar-refractivity contribution in [1.29, 1.82) is 0 Å². The number of amides is 1. The predicted molar refractivity (Wildman–Crippen MR) is 66.6 cm³/mol. The molecule has 18 heavy (non-hydrogen) atoms. The van der Waals surface area contributed by atoms with E-state index in [-0.39, 0.29) is 5.91 Å². The highest BCUT2D eigenvalue weighted by Crippen LogP contribution is 2.27. The molecule has 1 aromatic rings. The zero-order valence-electron chi connectivity index (χ0n) is 10.6. The molecule has 0 unspecified atom stereocenters. The van der Waals surface area contributed by atoms with Crippen LogP contribution in [0, 0.1) is 0 Å². The molecule has 0 bridgehead atoms. The molecule has 0 radical (unpaired) electrons. The quantitative estimate of drug-likeness (QED) is 0.553. The second kappa shape index (κ2) is 7.52. The van der Waals surface area contributed by atoms with Gasteiger partial charge in [-0.2, -0.15) is 0 Å². The normalized spacial score (nSPS) is 9.94. The van der Waals surface area contributed by atoms with E-state index in [2.05, 4.69) is 10.2 Å². The average Bonchev–Trinajstić information content (AvgIpc) is 2.42. The number of methoxy groups -OCH3 is 2. The summed E-state index contributed by atoms with van der Waals surface area (Å²) >= 11 is 0. The van der Waals surface area contributed by atoms with Crippen LogP contribution in [0.5, 0.6) is 11.5 Å². The van der Waals surface area contributed by atoms with Gasteiger partial charge in [-0.05, 0) is 18.6 Å². The number of hydrogen-bond acceptors (Lipinski definition) is 5. The van der Waals surface area contributed by atoms with Gasteiger partial charge in [-0.1, -0.05) is 6.07 Å². The highest BCUT2D eigenvalue weighted by Gasteiger charge is 2.17. The van der Waals surface area contributed by atoms with Gasteiger partial charge in [0.25, 0.3) is 5.91 Å². The van der Waals surface area contributed by atoms with Crippen molar-refractivity contribution in [2.45, 2.75) is 6.42 Å². The summed E-state index contributed by atoms with van der Waals surface area (Å²) in [5.41, 5.74) is 0.385. The molecule has 0 aliphatic carbocycles. The molecule has 0 heterocycles. The van der Waals surface area contributed by atoms with E-state index < -0.39 is 0 Å². The first kappa shape index (κ1) is 14.3. The second-order valence-electron chi connectivity index (χ2n) is 3.52. The minimum atomic E-state index is -0.249. The molecule has 100 valence electrons. The molecular weight excluding hydrogens is 236 g/mol. The van der Waals surface area contributed by atoms with Crippen LogP contribution in [-0.4, -0.2) is 33.3 Å². The maximum atomic E-state index is 12.0. The van der Waals surface area contributed by atoms with Gasteiger partial charge in [0, 0.05) is 6.54 Å². The summed E-state index contributed by atoms with van der Waals surface area (Å²) in [5, 5.41) is 2.75. The molecule has 3 N–H and O–H groups in total. The lowest BCUT2D eigenvalue weighted by molar-refractivity contribution is 0.0935. The highest BCUT2D eigenvalue weighted by atomic mass is 16.6. The Balaban J connectivity index is 2.76. The summed E-state index contributed by atoms with van der Waals surface area (Å²) in [6.45, 7) is 0.862. The van der Waals surface area contributed by atoms with Crippen molar-refractivity contribution in [3.05, 3.63) is 23.8 Å². The lowest BCUT2D eigenvalue weighted by atomic mass is 10.1. The highest BCUT2D eigenvalue weighted by molar-refractivity contribution is 5.99. The minimum Gasteiger partial charge on any atom is -0.496 e. The summed E-state index contributed by atoms with van der Waals surface area (Å²) in [6, 6.07) is 5.18. The average molecular weight is 254 g/mol. The van der Waals surface area contributed by atoms with Crippen molar-refractivity contribution >= 4 is 5.91 Å². The van der Waals surface area contributed by atoms with E-state index in [4.69, 9.17) is 15.4 Å². The number of nitrogens with two attached hydrogens (primary N) is 1. The Hall–Kier alpha value is -1.79. The Morgan fingerprint density at radius 2 is 1.89 bits per heavy atom. The summed E-state index contributed by atoms with van der Waals surface area (Å²) in [6.07, 6.45) is 0.639. The van der Waals surface area contributed by atoms with E-state index in [1.54, 1.807) is 18.2 Å². The molecule has 0 aromatic heterocycles. The summed E-state index contributed by atoms with van der Waals surface area (Å²) in [4.78, 5) is 16.4.